The summed E-state index contributed by atoms with van der Waals surface area (Å²) in [5, 5.41) is 11.9. The number of thiophene rings is 1. The fraction of sp³-hybridized carbons (Fsp3) is 0.316. The van der Waals surface area contributed by atoms with Gasteiger partial charge in [-0.2, -0.15) is 0 Å². The Morgan fingerprint density at radius 3 is 2.97 bits per heavy atom. The van der Waals surface area contributed by atoms with Gasteiger partial charge in [0.05, 0.1) is 23.1 Å². The van der Waals surface area contributed by atoms with E-state index in [0.717, 1.165) is 27.8 Å². The number of aromatic nitrogens is 3. The number of hydrogen-bond acceptors (Lipinski definition) is 7. The molecule has 1 aromatic carbocycles. The molecule has 2 N–H and O–H groups in total. The zero-order valence-electron chi connectivity index (χ0n) is 15.5. The molecule has 0 fully saturated rings. The van der Waals surface area contributed by atoms with Gasteiger partial charge in [0.2, 0.25) is 5.91 Å². The number of primary amides is 1. The fourth-order valence-corrected chi connectivity index (χ4v) is 4.82. The van der Waals surface area contributed by atoms with Crippen LogP contribution in [-0.2, 0) is 17.1 Å². The lowest BCUT2D eigenvalue weighted by molar-refractivity contribution is -0.118. The third-order valence-corrected chi connectivity index (χ3v) is 6.45. The first-order valence-corrected chi connectivity index (χ1v) is 11.3. The summed E-state index contributed by atoms with van der Waals surface area (Å²) in [4.78, 5) is 12.3. The van der Waals surface area contributed by atoms with Crippen molar-refractivity contribution in [2.75, 3.05) is 13.2 Å². The van der Waals surface area contributed by atoms with Crippen LogP contribution in [0.1, 0.15) is 18.4 Å². The molecule has 0 unspecified atom stereocenters. The summed E-state index contributed by atoms with van der Waals surface area (Å²) in [6, 6.07) is 7.77. The van der Waals surface area contributed by atoms with Gasteiger partial charge in [-0.25, -0.2) is 0 Å². The Balaban J connectivity index is 1.56. The van der Waals surface area contributed by atoms with Crippen LogP contribution in [0.4, 0.5) is 0 Å². The zero-order chi connectivity index (χ0) is 20.2. The molecule has 0 spiro atoms. The third kappa shape index (κ3) is 4.68. The summed E-state index contributed by atoms with van der Waals surface area (Å²) in [7, 11) is 0. The number of nitrogens with zero attached hydrogens (tertiary/aromatic N) is 3. The number of halogens is 1. The highest BCUT2D eigenvalue weighted by Crippen LogP contribution is 2.39. The molecule has 2 aromatic heterocycles. The van der Waals surface area contributed by atoms with Crippen molar-refractivity contribution in [1.29, 1.82) is 0 Å². The van der Waals surface area contributed by atoms with Gasteiger partial charge in [-0.3, -0.25) is 4.79 Å². The predicted molar refractivity (Wildman–Crippen MR) is 114 cm³/mol. The molecule has 4 rings (SSSR count). The monoisotopic (exact) mass is 450 g/mol. The van der Waals surface area contributed by atoms with Crippen molar-refractivity contribution in [3.05, 3.63) is 40.2 Å². The number of ether oxygens (including phenoxy) is 2. The molecule has 1 aliphatic rings. The standard InChI is InChI=1S/C19H19ClN4O3S2/c20-13-9-12(10-14-17(13)27-7-2-6-26-14)11-29-19-23-22-18(15-3-1-8-28-15)24(19)5-4-16(21)25/h1,3,8-10H,2,4-7,11H2,(H2,21,25). The molecule has 0 saturated carbocycles. The van der Waals surface area contributed by atoms with Crippen LogP contribution in [0.2, 0.25) is 5.02 Å². The van der Waals surface area contributed by atoms with Gasteiger partial charge in [-0.05, 0) is 29.1 Å². The second kappa shape index (κ2) is 9.06. The first-order valence-electron chi connectivity index (χ1n) is 9.08. The van der Waals surface area contributed by atoms with Gasteiger partial charge in [-0.1, -0.05) is 29.4 Å². The minimum atomic E-state index is -0.360. The van der Waals surface area contributed by atoms with E-state index in [9.17, 15) is 4.79 Å². The van der Waals surface area contributed by atoms with Gasteiger partial charge >= 0.3 is 0 Å². The van der Waals surface area contributed by atoms with Crippen LogP contribution in [-0.4, -0.2) is 33.9 Å². The van der Waals surface area contributed by atoms with Gasteiger partial charge in [0.1, 0.15) is 0 Å². The van der Waals surface area contributed by atoms with Crippen LogP contribution >= 0.6 is 34.7 Å². The molecule has 0 radical (unpaired) electrons. The van der Waals surface area contributed by atoms with Crippen LogP contribution in [0.15, 0.2) is 34.8 Å². The van der Waals surface area contributed by atoms with Gasteiger partial charge in [0.15, 0.2) is 22.5 Å². The normalized spacial score (nSPS) is 13.3. The number of rotatable bonds is 7. The highest BCUT2D eigenvalue weighted by Gasteiger charge is 2.18. The van der Waals surface area contributed by atoms with Crippen molar-refractivity contribution >= 4 is 40.6 Å². The molecule has 10 heteroatoms. The number of nitrogens with two attached hydrogens (primary N) is 1. The first kappa shape index (κ1) is 20.1. The summed E-state index contributed by atoms with van der Waals surface area (Å²) in [6.45, 7) is 1.63. The fourth-order valence-electron chi connectivity index (χ4n) is 2.92. The Labute approximate surface area is 181 Å². The highest BCUT2D eigenvalue weighted by atomic mass is 35.5. The minimum Gasteiger partial charge on any atom is -0.489 e. The molecule has 1 aliphatic heterocycles. The van der Waals surface area contributed by atoms with Crippen molar-refractivity contribution < 1.29 is 14.3 Å². The molecular formula is C19H19ClN4O3S2. The van der Waals surface area contributed by atoms with E-state index in [4.69, 9.17) is 26.8 Å². The van der Waals surface area contributed by atoms with Gasteiger partial charge in [0.25, 0.3) is 0 Å². The zero-order valence-corrected chi connectivity index (χ0v) is 17.9. The summed E-state index contributed by atoms with van der Waals surface area (Å²) in [5.41, 5.74) is 6.34. The second-order valence-electron chi connectivity index (χ2n) is 6.40. The lowest BCUT2D eigenvalue weighted by atomic mass is 10.2. The van der Waals surface area contributed by atoms with Crippen LogP contribution in [0.3, 0.4) is 0 Å². The van der Waals surface area contributed by atoms with Crippen LogP contribution in [0.25, 0.3) is 10.7 Å². The number of carbonyl (C=O) groups excluding carboxylic acids is 1. The Bertz CT molecular complexity index is 1010. The van der Waals surface area contributed by atoms with E-state index in [1.165, 1.54) is 11.8 Å². The largest absolute Gasteiger partial charge is 0.489 e. The van der Waals surface area contributed by atoms with Gasteiger partial charge in [0, 0.05) is 25.1 Å². The molecule has 0 bridgehead atoms. The summed E-state index contributed by atoms with van der Waals surface area (Å²) in [5.74, 6) is 2.26. The first-order chi connectivity index (χ1) is 14.1. The van der Waals surface area contributed by atoms with Crippen LogP contribution in [0.5, 0.6) is 11.5 Å². The number of carbonyl (C=O) groups is 1. The summed E-state index contributed by atoms with van der Waals surface area (Å²) in [6.07, 6.45) is 1.05. The maximum Gasteiger partial charge on any atom is 0.219 e. The smallest absolute Gasteiger partial charge is 0.219 e. The third-order valence-electron chi connectivity index (χ3n) is 4.27. The number of amides is 1. The van der Waals surface area contributed by atoms with Crippen molar-refractivity contribution in [1.82, 2.24) is 14.8 Å². The number of fused-ring (bicyclic) bond motifs is 1. The molecule has 0 atom stereocenters. The lowest BCUT2D eigenvalue weighted by Gasteiger charge is -2.12. The van der Waals surface area contributed by atoms with E-state index in [1.54, 1.807) is 11.3 Å². The average Bonchev–Trinajstić information content (AvgIpc) is 3.29. The van der Waals surface area contributed by atoms with Crippen molar-refractivity contribution in [3.63, 3.8) is 0 Å². The van der Waals surface area contributed by atoms with Crippen molar-refractivity contribution in [2.45, 2.75) is 30.3 Å². The number of thioether (sulfide) groups is 1. The van der Waals surface area contributed by atoms with Crippen molar-refractivity contribution in [3.8, 4) is 22.2 Å². The Kier molecular flexibility index (Phi) is 6.27. The maximum absolute atomic E-state index is 11.3. The van der Waals surface area contributed by atoms with Crippen LogP contribution in [0, 0.1) is 0 Å². The van der Waals surface area contributed by atoms with E-state index in [0.29, 0.717) is 42.0 Å². The topological polar surface area (TPSA) is 92.3 Å². The molecule has 152 valence electrons. The molecule has 3 aromatic rings. The Morgan fingerprint density at radius 2 is 2.17 bits per heavy atom. The Hall–Kier alpha value is -2.23. The molecule has 0 aliphatic carbocycles. The molecule has 1 amide bonds. The van der Waals surface area contributed by atoms with E-state index in [-0.39, 0.29) is 12.3 Å². The van der Waals surface area contributed by atoms with E-state index >= 15 is 0 Å². The van der Waals surface area contributed by atoms with Gasteiger partial charge < -0.3 is 19.8 Å². The van der Waals surface area contributed by atoms with E-state index < -0.39 is 0 Å². The number of benzene rings is 1. The molecular weight excluding hydrogens is 432 g/mol. The Morgan fingerprint density at radius 1 is 1.31 bits per heavy atom. The van der Waals surface area contributed by atoms with Crippen LogP contribution < -0.4 is 15.2 Å². The molecule has 0 saturated heterocycles. The minimum absolute atomic E-state index is 0.222. The summed E-state index contributed by atoms with van der Waals surface area (Å²) < 4.78 is 13.4. The lowest BCUT2D eigenvalue weighted by Crippen LogP contribution is -2.14. The number of hydrogen-bond donors (Lipinski definition) is 1. The molecule has 3 heterocycles. The van der Waals surface area contributed by atoms with Gasteiger partial charge in [-0.15, -0.1) is 21.5 Å². The molecule has 7 nitrogen and oxygen atoms in total. The average molecular weight is 451 g/mol. The second-order valence-corrected chi connectivity index (χ2v) is 8.69. The SMILES string of the molecule is NC(=O)CCn1c(SCc2cc(Cl)c3c(c2)OCCCO3)nnc1-c1cccs1. The predicted octanol–water partition coefficient (Wildman–Crippen LogP) is 3.99. The van der Waals surface area contributed by atoms with E-state index in [1.807, 2.05) is 34.2 Å². The van der Waals surface area contributed by atoms with E-state index in [2.05, 4.69) is 10.2 Å². The highest BCUT2D eigenvalue weighted by molar-refractivity contribution is 7.98. The quantitative estimate of drug-likeness (QED) is 0.547. The maximum atomic E-state index is 11.3. The molecule has 29 heavy (non-hydrogen) atoms. The van der Waals surface area contributed by atoms with Crippen molar-refractivity contribution in [2.24, 2.45) is 5.73 Å². The summed E-state index contributed by atoms with van der Waals surface area (Å²) >= 11 is 9.49.